The van der Waals surface area contributed by atoms with Gasteiger partial charge >= 0.3 is 0 Å². The Morgan fingerprint density at radius 2 is 2.05 bits per heavy atom. The van der Waals surface area contributed by atoms with Crippen LogP contribution in [0.4, 0.5) is 0 Å². The van der Waals surface area contributed by atoms with Gasteiger partial charge in [-0.1, -0.05) is 6.07 Å². The molecule has 0 saturated heterocycles. The molecule has 110 valence electrons. The summed E-state index contributed by atoms with van der Waals surface area (Å²) in [5, 5.41) is 3.48. The number of methoxy groups -OCH3 is 1. The first kappa shape index (κ1) is 13.8. The van der Waals surface area contributed by atoms with E-state index in [4.69, 9.17) is 9.47 Å². The lowest BCUT2D eigenvalue weighted by molar-refractivity contribution is 0.0194. The van der Waals surface area contributed by atoms with E-state index in [-0.39, 0.29) is 6.10 Å². The van der Waals surface area contributed by atoms with Crippen LogP contribution in [0.15, 0.2) is 18.2 Å². The van der Waals surface area contributed by atoms with Gasteiger partial charge in [0, 0.05) is 32.2 Å². The summed E-state index contributed by atoms with van der Waals surface area (Å²) in [4.78, 5) is 4.59. The fourth-order valence-corrected chi connectivity index (χ4v) is 2.75. The molecule has 4 heteroatoms. The van der Waals surface area contributed by atoms with Gasteiger partial charge in [0.15, 0.2) is 0 Å². The summed E-state index contributed by atoms with van der Waals surface area (Å²) in [7, 11) is 1.79. The minimum atomic E-state index is 0.243. The molecule has 0 aliphatic heterocycles. The molecule has 0 bridgehead atoms. The fourth-order valence-electron chi connectivity index (χ4n) is 2.75. The van der Waals surface area contributed by atoms with Gasteiger partial charge in [-0.25, -0.2) is 4.98 Å². The summed E-state index contributed by atoms with van der Waals surface area (Å²) in [5.74, 6) is 0.752. The van der Waals surface area contributed by atoms with Crippen molar-refractivity contribution in [3.63, 3.8) is 0 Å². The van der Waals surface area contributed by atoms with Gasteiger partial charge in [0.2, 0.25) is 5.88 Å². The molecule has 1 N–H and O–H groups in total. The maximum Gasteiger partial charge on any atom is 0.213 e. The number of aromatic nitrogens is 1. The molecule has 0 spiro atoms. The molecule has 2 atom stereocenters. The van der Waals surface area contributed by atoms with E-state index < -0.39 is 0 Å². The molecule has 2 aliphatic carbocycles. The third-order valence-electron chi connectivity index (χ3n) is 4.13. The van der Waals surface area contributed by atoms with Crippen LogP contribution in [0.25, 0.3) is 0 Å². The second-order valence-corrected chi connectivity index (χ2v) is 5.89. The number of rotatable bonds is 6. The van der Waals surface area contributed by atoms with Gasteiger partial charge in [0.05, 0.1) is 11.8 Å². The van der Waals surface area contributed by atoms with Crippen molar-refractivity contribution >= 4 is 0 Å². The Labute approximate surface area is 120 Å². The molecule has 3 rings (SSSR count). The minimum Gasteiger partial charge on any atom is -0.474 e. The Kier molecular flexibility index (Phi) is 4.53. The van der Waals surface area contributed by atoms with Gasteiger partial charge in [-0.15, -0.1) is 0 Å². The first-order valence-corrected chi connectivity index (χ1v) is 7.72. The van der Waals surface area contributed by atoms with Crippen molar-refractivity contribution in [1.82, 2.24) is 10.3 Å². The van der Waals surface area contributed by atoms with Crippen molar-refractivity contribution in [3.8, 4) is 5.88 Å². The van der Waals surface area contributed by atoms with Gasteiger partial charge in [-0.3, -0.25) is 0 Å². The topological polar surface area (TPSA) is 43.4 Å². The average molecular weight is 276 g/mol. The van der Waals surface area contributed by atoms with Crippen LogP contribution >= 0.6 is 0 Å². The summed E-state index contributed by atoms with van der Waals surface area (Å²) in [5.41, 5.74) is 1.06. The van der Waals surface area contributed by atoms with Gasteiger partial charge in [-0.05, 0) is 38.2 Å². The van der Waals surface area contributed by atoms with E-state index in [1.807, 2.05) is 12.1 Å². The fraction of sp³-hybridized carbons (Fsp3) is 0.688. The Morgan fingerprint density at radius 1 is 1.20 bits per heavy atom. The molecule has 1 aromatic heterocycles. The van der Waals surface area contributed by atoms with Gasteiger partial charge in [0.1, 0.15) is 6.10 Å². The molecule has 1 heterocycles. The molecule has 2 fully saturated rings. The SMILES string of the molecule is COC1CCCC(Oc2cccc(CNC3CC3)n2)C1. The predicted molar refractivity (Wildman–Crippen MR) is 77.8 cm³/mol. The third-order valence-corrected chi connectivity index (χ3v) is 4.13. The zero-order valence-corrected chi connectivity index (χ0v) is 12.2. The first-order chi connectivity index (χ1) is 9.83. The highest BCUT2D eigenvalue weighted by Crippen LogP contribution is 2.24. The van der Waals surface area contributed by atoms with Crippen LogP contribution in [0.5, 0.6) is 5.88 Å². The zero-order valence-electron chi connectivity index (χ0n) is 12.2. The second kappa shape index (κ2) is 6.55. The van der Waals surface area contributed by atoms with Crippen LogP contribution in [0.3, 0.4) is 0 Å². The Morgan fingerprint density at radius 3 is 2.85 bits per heavy atom. The molecular formula is C16H24N2O2. The summed E-state index contributed by atoms with van der Waals surface area (Å²) >= 11 is 0. The number of pyridine rings is 1. The second-order valence-electron chi connectivity index (χ2n) is 5.89. The van der Waals surface area contributed by atoms with Crippen molar-refractivity contribution in [1.29, 1.82) is 0 Å². The Bertz CT molecular complexity index is 434. The quantitative estimate of drug-likeness (QED) is 0.867. The molecular weight excluding hydrogens is 252 g/mol. The minimum absolute atomic E-state index is 0.243. The maximum atomic E-state index is 6.03. The van der Waals surface area contributed by atoms with Crippen LogP contribution in [-0.2, 0) is 11.3 Å². The molecule has 4 nitrogen and oxygen atoms in total. The molecule has 2 unspecified atom stereocenters. The molecule has 0 radical (unpaired) electrons. The predicted octanol–water partition coefficient (Wildman–Crippen LogP) is 2.67. The molecule has 1 aromatic rings. The van der Waals surface area contributed by atoms with E-state index >= 15 is 0 Å². The van der Waals surface area contributed by atoms with Crippen molar-refractivity contribution in [2.45, 2.75) is 63.3 Å². The van der Waals surface area contributed by atoms with Crippen molar-refractivity contribution in [2.75, 3.05) is 7.11 Å². The van der Waals surface area contributed by atoms with Crippen molar-refractivity contribution in [2.24, 2.45) is 0 Å². The largest absolute Gasteiger partial charge is 0.474 e. The van der Waals surface area contributed by atoms with Crippen LogP contribution in [-0.4, -0.2) is 30.3 Å². The molecule has 2 aliphatic rings. The highest BCUT2D eigenvalue weighted by Gasteiger charge is 2.23. The lowest BCUT2D eigenvalue weighted by atomic mass is 9.95. The first-order valence-electron chi connectivity index (χ1n) is 7.72. The number of hydrogen-bond acceptors (Lipinski definition) is 4. The highest BCUT2D eigenvalue weighted by atomic mass is 16.5. The van der Waals surface area contributed by atoms with Crippen molar-refractivity contribution < 1.29 is 9.47 Å². The third kappa shape index (κ3) is 3.93. The van der Waals surface area contributed by atoms with Crippen molar-refractivity contribution in [3.05, 3.63) is 23.9 Å². The molecule has 2 saturated carbocycles. The Hall–Kier alpha value is -1.13. The summed E-state index contributed by atoms with van der Waals surface area (Å²) in [6.45, 7) is 0.841. The van der Waals surface area contributed by atoms with Gasteiger partial charge in [0.25, 0.3) is 0 Å². The molecule has 20 heavy (non-hydrogen) atoms. The highest BCUT2D eigenvalue weighted by molar-refractivity contribution is 5.16. The van der Waals surface area contributed by atoms with Crippen LogP contribution < -0.4 is 10.1 Å². The maximum absolute atomic E-state index is 6.03. The number of nitrogens with zero attached hydrogens (tertiary/aromatic N) is 1. The monoisotopic (exact) mass is 276 g/mol. The standard InChI is InChI=1S/C16H24N2O2/c1-19-14-5-3-6-15(10-14)20-16-7-2-4-13(18-16)11-17-12-8-9-12/h2,4,7,12,14-15,17H,3,5-6,8-11H2,1H3. The lowest BCUT2D eigenvalue weighted by Gasteiger charge is -2.28. The normalized spacial score (nSPS) is 26.4. The van der Waals surface area contributed by atoms with Crippen LogP contribution in [0, 0.1) is 0 Å². The van der Waals surface area contributed by atoms with Crippen LogP contribution in [0.1, 0.15) is 44.2 Å². The number of hydrogen-bond donors (Lipinski definition) is 1. The van der Waals surface area contributed by atoms with E-state index in [1.54, 1.807) is 7.11 Å². The average Bonchev–Trinajstić information content (AvgIpc) is 3.30. The van der Waals surface area contributed by atoms with Crippen LogP contribution in [0.2, 0.25) is 0 Å². The van der Waals surface area contributed by atoms with Gasteiger partial charge < -0.3 is 14.8 Å². The van der Waals surface area contributed by atoms with E-state index in [0.29, 0.717) is 12.1 Å². The summed E-state index contributed by atoms with van der Waals surface area (Å²) in [6, 6.07) is 6.75. The van der Waals surface area contributed by atoms with E-state index in [9.17, 15) is 0 Å². The summed E-state index contributed by atoms with van der Waals surface area (Å²) in [6.07, 6.45) is 7.59. The van der Waals surface area contributed by atoms with Gasteiger partial charge in [-0.2, -0.15) is 0 Å². The van der Waals surface area contributed by atoms with E-state index in [1.165, 1.54) is 19.3 Å². The smallest absolute Gasteiger partial charge is 0.213 e. The molecule has 0 amide bonds. The van der Waals surface area contributed by atoms with E-state index in [0.717, 1.165) is 37.4 Å². The summed E-state index contributed by atoms with van der Waals surface area (Å²) < 4.78 is 11.5. The molecule has 0 aromatic carbocycles. The Balaban J connectivity index is 1.54. The zero-order chi connectivity index (χ0) is 13.8. The van der Waals surface area contributed by atoms with E-state index in [2.05, 4.69) is 16.4 Å². The lowest BCUT2D eigenvalue weighted by Crippen LogP contribution is -2.29. The number of nitrogens with one attached hydrogen (secondary N) is 1. The number of ether oxygens (including phenoxy) is 2.